The number of hydrogen-bond acceptors (Lipinski definition) is 4. The zero-order valence-electron chi connectivity index (χ0n) is 14.3. The Bertz CT molecular complexity index is 766. The topological polar surface area (TPSA) is 50.8 Å². The third kappa shape index (κ3) is 3.57. The van der Waals surface area contributed by atoms with Gasteiger partial charge in [-0.1, -0.05) is 29.8 Å². The molecule has 0 aromatic heterocycles. The van der Waals surface area contributed by atoms with Gasteiger partial charge in [0, 0.05) is 30.7 Å². The maximum absolute atomic E-state index is 13.2. The van der Waals surface area contributed by atoms with Gasteiger partial charge in [0.1, 0.15) is 11.5 Å². The molecule has 1 fully saturated rings. The summed E-state index contributed by atoms with van der Waals surface area (Å²) in [4.78, 5) is 15.1. The lowest BCUT2D eigenvalue weighted by atomic mass is 10.0. The molecule has 2 aromatic rings. The normalized spacial score (nSPS) is 17.2. The van der Waals surface area contributed by atoms with Crippen molar-refractivity contribution in [1.29, 1.82) is 0 Å². The number of benzene rings is 2. The van der Waals surface area contributed by atoms with Crippen LogP contribution in [0.1, 0.15) is 22.0 Å². The number of nitrogens with one attached hydrogen (secondary N) is 1. The molecule has 132 valence electrons. The molecule has 1 aliphatic heterocycles. The van der Waals surface area contributed by atoms with Crippen LogP contribution in [0.25, 0.3) is 0 Å². The van der Waals surface area contributed by atoms with Gasteiger partial charge in [-0.05, 0) is 23.8 Å². The fraction of sp³-hybridized carbons (Fsp3) is 0.316. The number of halogens is 1. The summed E-state index contributed by atoms with van der Waals surface area (Å²) in [5, 5.41) is 4.00. The van der Waals surface area contributed by atoms with Crippen molar-refractivity contribution in [2.24, 2.45) is 0 Å². The van der Waals surface area contributed by atoms with E-state index >= 15 is 0 Å². The zero-order valence-corrected chi connectivity index (χ0v) is 15.0. The highest BCUT2D eigenvalue weighted by Crippen LogP contribution is 2.32. The van der Waals surface area contributed by atoms with Crippen LogP contribution in [0.5, 0.6) is 11.5 Å². The van der Waals surface area contributed by atoms with Gasteiger partial charge in [-0.2, -0.15) is 0 Å². The van der Waals surface area contributed by atoms with Crippen molar-refractivity contribution >= 4 is 17.5 Å². The van der Waals surface area contributed by atoms with Gasteiger partial charge in [-0.15, -0.1) is 0 Å². The van der Waals surface area contributed by atoms with E-state index in [1.807, 2.05) is 29.2 Å². The molecule has 1 heterocycles. The highest BCUT2D eigenvalue weighted by Gasteiger charge is 2.31. The first-order valence-corrected chi connectivity index (χ1v) is 8.51. The molecule has 0 saturated carbocycles. The summed E-state index contributed by atoms with van der Waals surface area (Å²) in [5.41, 5.74) is 1.46. The van der Waals surface area contributed by atoms with E-state index in [4.69, 9.17) is 21.1 Å². The lowest BCUT2D eigenvalue weighted by Gasteiger charge is -2.37. The van der Waals surface area contributed by atoms with E-state index in [0.29, 0.717) is 35.2 Å². The largest absolute Gasteiger partial charge is 0.497 e. The average Bonchev–Trinajstić information content (AvgIpc) is 2.67. The monoisotopic (exact) mass is 360 g/mol. The van der Waals surface area contributed by atoms with Crippen LogP contribution in [0.15, 0.2) is 42.5 Å². The molecule has 0 bridgehead atoms. The Labute approximate surface area is 152 Å². The van der Waals surface area contributed by atoms with Gasteiger partial charge >= 0.3 is 0 Å². The molecule has 1 unspecified atom stereocenters. The minimum atomic E-state index is -0.123. The predicted octanol–water partition coefficient (Wildman–Crippen LogP) is 3.14. The van der Waals surface area contributed by atoms with Gasteiger partial charge in [0.05, 0.1) is 25.8 Å². The lowest BCUT2D eigenvalue weighted by molar-refractivity contribution is 0.0631. The van der Waals surface area contributed by atoms with Crippen LogP contribution in [-0.4, -0.2) is 44.7 Å². The number of piperazine rings is 1. The first kappa shape index (κ1) is 17.6. The zero-order chi connectivity index (χ0) is 17.8. The number of amides is 1. The molecule has 2 aromatic carbocycles. The molecule has 1 aliphatic rings. The van der Waals surface area contributed by atoms with Crippen molar-refractivity contribution in [3.63, 3.8) is 0 Å². The number of carbonyl (C=O) groups excluding carboxylic acids is 1. The van der Waals surface area contributed by atoms with Crippen LogP contribution in [0.2, 0.25) is 5.02 Å². The average molecular weight is 361 g/mol. The number of hydrogen-bond donors (Lipinski definition) is 1. The van der Waals surface area contributed by atoms with Crippen LogP contribution >= 0.6 is 11.6 Å². The fourth-order valence-corrected chi connectivity index (χ4v) is 3.36. The molecule has 1 atom stereocenters. The lowest BCUT2D eigenvalue weighted by Crippen LogP contribution is -2.48. The van der Waals surface area contributed by atoms with E-state index in [9.17, 15) is 4.79 Å². The van der Waals surface area contributed by atoms with Gasteiger partial charge in [0.2, 0.25) is 0 Å². The Morgan fingerprint density at radius 2 is 2.00 bits per heavy atom. The van der Waals surface area contributed by atoms with Crippen molar-refractivity contribution < 1.29 is 14.3 Å². The minimum Gasteiger partial charge on any atom is -0.497 e. The summed E-state index contributed by atoms with van der Waals surface area (Å²) in [6.45, 7) is 2.00. The van der Waals surface area contributed by atoms with E-state index < -0.39 is 0 Å². The molecule has 1 saturated heterocycles. The molecule has 0 aliphatic carbocycles. The van der Waals surface area contributed by atoms with E-state index in [1.165, 1.54) is 0 Å². The Kier molecular flexibility index (Phi) is 5.46. The second kappa shape index (κ2) is 7.76. The van der Waals surface area contributed by atoms with E-state index in [1.54, 1.807) is 32.4 Å². The molecule has 6 heteroatoms. The third-order valence-electron chi connectivity index (χ3n) is 4.41. The smallest absolute Gasteiger partial charge is 0.258 e. The second-order valence-corrected chi connectivity index (χ2v) is 6.21. The van der Waals surface area contributed by atoms with Crippen LogP contribution in [0, 0.1) is 0 Å². The summed E-state index contributed by atoms with van der Waals surface area (Å²) >= 11 is 6.36. The SMILES string of the molecule is COc1ccc(C(=O)N2CCNCC2c2ccccc2Cl)c(OC)c1. The first-order chi connectivity index (χ1) is 12.2. The summed E-state index contributed by atoms with van der Waals surface area (Å²) in [5.74, 6) is 1.07. The van der Waals surface area contributed by atoms with Gasteiger partial charge in [0.25, 0.3) is 5.91 Å². The van der Waals surface area contributed by atoms with E-state index in [0.717, 1.165) is 12.1 Å². The number of carbonyl (C=O) groups is 1. The van der Waals surface area contributed by atoms with E-state index in [-0.39, 0.29) is 11.9 Å². The van der Waals surface area contributed by atoms with Crippen LogP contribution in [0.3, 0.4) is 0 Å². The summed E-state index contributed by atoms with van der Waals surface area (Å²) < 4.78 is 10.6. The quantitative estimate of drug-likeness (QED) is 0.910. The van der Waals surface area contributed by atoms with Crippen LogP contribution in [-0.2, 0) is 0 Å². The number of rotatable bonds is 4. The highest BCUT2D eigenvalue weighted by atomic mass is 35.5. The van der Waals surface area contributed by atoms with Crippen molar-refractivity contribution in [3.8, 4) is 11.5 Å². The Hall–Kier alpha value is -2.24. The van der Waals surface area contributed by atoms with Gasteiger partial charge in [-0.3, -0.25) is 4.79 Å². The maximum atomic E-state index is 13.2. The number of nitrogens with zero attached hydrogens (tertiary/aromatic N) is 1. The molecule has 0 spiro atoms. The van der Waals surface area contributed by atoms with Crippen LogP contribution < -0.4 is 14.8 Å². The fourth-order valence-electron chi connectivity index (χ4n) is 3.10. The number of methoxy groups -OCH3 is 2. The van der Waals surface area contributed by atoms with Crippen molar-refractivity contribution in [2.45, 2.75) is 6.04 Å². The second-order valence-electron chi connectivity index (χ2n) is 5.81. The molecule has 0 radical (unpaired) electrons. The van der Waals surface area contributed by atoms with E-state index in [2.05, 4.69) is 5.32 Å². The third-order valence-corrected chi connectivity index (χ3v) is 4.75. The maximum Gasteiger partial charge on any atom is 0.258 e. The molecule has 5 nitrogen and oxygen atoms in total. The molecule has 1 amide bonds. The van der Waals surface area contributed by atoms with Crippen molar-refractivity contribution in [1.82, 2.24) is 10.2 Å². The highest BCUT2D eigenvalue weighted by molar-refractivity contribution is 6.31. The summed E-state index contributed by atoms with van der Waals surface area (Å²) in [6.07, 6.45) is 0. The molecular formula is C19H21ClN2O3. The van der Waals surface area contributed by atoms with Gasteiger partial charge < -0.3 is 19.7 Å². The van der Waals surface area contributed by atoms with Gasteiger partial charge in [-0.25, -0.2) is 0 Å². The first-order valence-electron chi connectivity index (χ1n) is 8.14. The molecule has 1 N–H and O–H groups in total. The molecular weight excluding hydrogens is 340 g/mol. The minimum absolute atomic E-state index is 0.0778. The standard InChI is InChI=1S/C19H21ClN2O3/c1-24-13-7-8-15(18(11-13)25-2)19(23)22-10-9-21-12-17(22)14-5-3-4-6-16(14)20/h3-8,11,17,21H,9-10,12H2,1-2H3. The summed E-state index contributed by atoms with van der Waals surface area (Å²) in [7, 11) is 3.13. The van der Waals surface area contributed by atoms with Crippen molar-refractivity contribution in [2.75, 3.05) is 33.9 Å². The Morgan fingerprint density at radius 3 is 2.72 bits per heavy atom. The Balaban J connectivity index is 1.95. The molecule has 3 rings (SSSR count). The summed E-state index contributed by atoms with van der Waals surface area (Å²) in [6, 6.07) is 12.7. The predicted molar refractivity (Wildman–Crippen MR) is 97.6 cm³/mol. The van der Waals surface area contributed by atoms with Crippen molar-refractivity contribution in [3.05, 3.63) is 58.6 Å². The van der Waals surface area contributed by atoms with Crippen LogP contribution in [0.4, 0.5) is 0 Å². The Morgan fingerprint density at radius 1 is 1.20 bits per heavy atom. The number of ether oxygens (including phenoxy) is 2. The molecule has 25 heavy (non-hydrogen) atoms. The van der Waals surface area contributed by atoms with Gasteiger partial charge in [0.15, 0.2) is 0 Å².